The molecule has 2 saturated carbocycles. The van der Waals surface area contributed by atoms with E-state index in [-0.39, 0.29) is 18.6 Å². The first-order chi connectivity index (χ1) is 13.7. The Kier molecular flexibility index (Phi) is 5.16. The summed E-state index contributed by atoms with van der Waals surface area (Å²) in [6.07, 6.45) is 7.52. The van der Waals surface area contributed by atoms with Crippen molar-refractivity contribution in [2.24, 2.45) is 17.8 Å². The van der Waals surface area contributed by atoms with Crippen molar-refractivity contribution in [2.45, 2.75) is 63.6 Å². The van der Waals surface area contributed by atoms with Crippen LogP contribution < -0.4 is 4.74 Å². The number of aryl methyl sites for hydroxylation is 1. The van der Waals surface area contributed by atoms with E-state index in [0.29, 0.717) is 24.4 Å². The predicted octanol–water partition coefficient (Wildman–Crippen LogP) is 4.08. The van der Waals surface area contributed by atoms with Crippen molar-refractivity contribution >= 4 is 11.3 Å². The van der Waals surface area contributed by atoms with Crippen molar-refractivity contribution in [3.63, 3.8) is 0 Å². The fourth-order valence-corrected chi connectivity index (χ4v) is 6.80. The van der Waals surface area contributed by atoms with Crippen LogP contribution in [0.4, 0.5) is 0 Å². The minimum Gasteiger partial charge on any atom is -0.493 e. The highest BCUT2D eigenvalue weighted by Gasteiger charge is 2.46. The van der Waals surface area contributed by atoms with Crippen molar-refractivity contribution in [2.75, 3.05) is 6.61 Å². The lowest BCUT2D eigenvalue weighted by atomic mass is 9.73. The van der Waals surface area contributed by atoms with Crippen LogP contribution in [0.5, 0.6) is 5.75 Å². The Balaban J connectivity index is 1.24. The van der Waals surface area contributed by atoms with Gasteiger partial charge in [0.05, 0.1) is 30.0 Å². The van der Waals surface area contributed by atoms with E-state index >= 15 is 0 Å². The largest absolute Gasteiger partial charge is 0.493 e. The van der Waals surface area contributed by atoms with Gasteiger partial charge in [-0.25, -0.2) is 4.98 Å². The molecule has 0 spiro atoms. The molecule has 2 aromatic rings. The summed E-state index contributed by atoms with van der Waals surface area (Å²) in [5.74, 6) is 2.88. The Labute approximate surface area is 170 Å². The Morgan fingerprint density at radius 1 is 1.18 bits per heavy atom. The third-order valence-corrected chi connectivity index (χ3v) is 8.30. The molecule has 0 saturated heterocycles. The lowest BCUT2D eigenvalue weighted by Gasteiger charge is -2.33. The number of aromatic nitrogens is 1. The van der Waals surface area contributed by atoms with Gasteiger partial charge in [-0.3, -0.25) is 0 Å². The molecule has 1 heterocycles. The number of fused-ring (bicyclic) bond motifs is 2. The van der Waals surface area contributed by atoms with Gasteiger partial charge in [0.2, 0.25) is 0 Å². The van der Waals surface area contributed by atoms with Crippen molar-refractivity contribution in [3.8, 4) is 5.75 Å². The van der Waals surface area contributed by atoms with Gasteiger partial charge in [-0.05, 0) is 74.0 Å². The maximum atomic E-state index is 10.8. The second kappa shape index (κ2) is 7.77. The van der Waals surface area contributed by atoms with Crippen LogP contribution in [0.25, 0.3) is 0 Å². The first-order valence-electron chi connectivity index (χ1n) is 10.7. The van der Waals surface area contributed by atoms with Gasteiger partial charge < -0.3 is 14.9 Å². The van der Waals surface area contributed by atoms with Crippen LogP contribution in [-0.2, 0) is 19.4 Å². The van der Waals surface area contributed by atoms with Gasteiger partial charge in [0.25, 0.3) is 0 Å². The Morgan fingerprint density at radius 2 is 2.11 bits per heavy atom. The van der Waals surface area contributed by atoms with Gasteiger partial charge in [0, 0.05) is 17.2 Å². The predicted molar refractivity (Wildman–Crippen MR) is 110 cm³/mol. The molecule has 1 aromatic heterocycles. The fourth-order valence-electron chi connectivity index (χ4n) is 5.84. The van der Waals surface area contributed by atoms with Crippen molar-refractivity contribution in [3.05, 3.63) is 45.4 Å². The summed E-state index contributed by atoms with van der Waals surface area (Å²) >= 11 is 1.68. The molecular formula is C23H29NO3S. The number of aliphatic hydroxyl groups excluding tert-OH is 2. The molecule has 3 aliphatic rings. The van der Waals surface area contributed by atoms with Gasteiger partial charge in [0.15, 0.2) is 0 Å². The van der Waals surface area contributed by atoms with E-state index in [1.807, 2.05) is 5.38 Å². The van der Waals surface area contributed by atoms with Gasteiger partial charge in [-0.2, -0.15) is 0 Å². The quantitative estimate of drug-likeness (QED) is 0.795. The molecule has 2 N–H and O–H groups in total. The molecule has 150 valence electrons. The van der Waals surface area contributed by atoms with Crippen molar-refractivity contribution in [1.82, 2.24) is 4.98 Å². The van der Waals surface area contributed by atoms with Crippen LogP contribution in [0.15, 0.2) is 23.6 Å². The molecule has 0 radical (unpaired) electrons. The Bertz CT molecular complexity index is 835. The highest BCUT2D eigenvalue weighted by Crippen LogP contribution is 2.50. The maximum absolute atomic E-state index is 10.8. The maximum Gasteiger partial charge on any atom is 0.122 e. The molecular weight excluding hydrogens is 370 g/mol. The van der Waals surface area contributed by atoms with Crippen LogP contribution in [-0.4, -0.2) is 27.9 Å². The third kappa shape index (κ3) is 3.38. The zero-order valence-corrected chi connectivity index (χ0v) is 17.0. The standard InChI is InChI=1S/C23H29NO3S/c25-11-17-13-28-23(24-17)15-7-8-18-16(9-15)10-21(26)20(18)12-27-22-6-2-4-14-3-1-5-19(14)22/h2,4,6,13,15-16,18,20-21,25-26H,1,3,5,7-12H2/t15-,16-,18-,20+,21+/m0/s1. The van der Waals surface area contributed by atoms with Crippen molar-refractivity contribution < 1.29 is 14.9 Å². The van der Waals surface area contributed by atoms with E-state index < -0.39 is 0 Å². The van der Waals surface area contributed by atoms with Gasteiger partial charge in [0.1, 0.15) is 5.75 Å². The topological polar surface area (TPSA) is 62.6 Å². The van der Waals surface area contributed by atoms with E-state index in [9.17, 15) is 10.2 Å². The van der Waals surface area contributed by atoms with E-state index in [0.717, 1.165) is 48.6 Å². The molecule has 5 heteroatoms. The van der Waals surface area contributed by atoms with Crippen LogP contribution in [0.2, 0.25) is 0 Å². The minimum absolute atomic E-state index is 0.0244. The molecule has 0 unspecified atom stereocenters. The van der Waals surface area contributed by atoms with Crippen LogP contribution >= 0.6 is 11.3 Å². The average Bonchev–Trinajstić information content (AvgIpc) is 3.44. The number of benzene rings is 1. The number of thiazole rings is 1. The first kappa shape index (κ1) is 18.6. The molecule has 3 aliphatic carbocycles. The zero-order chi connectivity index (χ0) is 19.1. The summed E-state index contributed by atoms with van der Waals surface area (Å²) in [5, 5.41) is 23.2. The molecule has 4 nitrogen and oxygen atoms in total. The third-order valence-electron chi connectivity index (χ3n) is 7.24. The smallest absolute Gasteiger partial charge is 0.122 e. The van der Waals surface area contributed by atoms with E-state index in [1.165, 1.54) is 24.0 Å². The zero-order valence-electron chi connectivity index (χ0n) is 16.2. The van der Waals surface area contributed by atoms with Crippen molar-refractivity contribution in [1.29, 1.82) is 0 Å². The van der Waals surface area contributed by atoms with Crippen LogP contribution in [0.3, 0.4) is 0 Å². The highest BCUT2D eigenvalue weighted by atomic mass is 32.1. The number of ether oxygens (including phenoxy) is 1. The lowest BCUT2D eigenvalue weighted by molar-refractivity contribution is 0.0737. The summed E-state index contributed by atoms with van der Waals surface area (Å²) in [4.78, 5) is 4.60. The first-order valence-corrected chi connectivity index (χ1v) is 11.6. The number of rotatable bonds is 5. The highest BCUT2D eigenvalue weighted by molar-refractivity contribution is 7.09. The minimum atomic E-state index is -0.255. The average molecular weight is 400 g/mol. The molecule has 0 bridgehead atoms. The van der Waals surface area contributed by atoms with Crippen LogP contribution in [0.1, 0.15) is 59.9 Å². The van der Waals surface area contributed by atoms with E-state index in [1.54, 1.807) is 11.3 Å². The summed E-state index contributed by atoms with van der Waals surface area (Å²) in [6, 6.07) is 6.42. The summed E-state index contributed by atoms with van der Waals surface area (Å²) in [5.41, 5.74) is 3.61. The summed E-state index contributed by atoms with van der Waals surface area (Å²) < 4.78 is 6.28. The Morgan fingerprint density at radius 3 is 2.96 bits per heavy atom. The monoisotopic (exact) mass is 399 g/mol. The second-order valence-corrected chi connectivity index (χ2v) is 9.68. The number of hydrogen-bond donors (Lipinski definition) is 2. The molecule has 1 aromatic carbocycles. The van der Waals surface area contributed by atoms with E-state index in [4.69, 9.17) is 4.74 Å². The van der Waals surface area contributed by atoms with Gasteiger partial charge in [-0.15, -0.1) is 11.3 Å². The summed E-state index contributed by atoms with van der Waals surface area (Å²) in [6.45, 7) is 0.659. The van der Waals surface area contributed by atoms with Crippen LogP contribution in [0, 0.1) is 17.8 Å². The SMILES string of the molecule is OCc1csc([C@H]2CC[C@H]3[C@@H](C2)C[C@@H](O)[C@@H]3COc2cccc3c2CCC3)n1. The number of nitrogens with zero attached hydrogens (tertiary/aromatic N) is 1. The molecule has 28 heavy (non-hydrogen) atoms. The normalized spacial score (nSPS) is 31.6. The molecule has 0 aliphatic heterocycles. The van der Waals surface area contributed by atoms with Gasteiger partial charge in [-0.1, -0.05) is 12.1 Å². The second-order valence-electron chi connectivity index (χ2n) is 8.79. The molecule has 0 amide bonds. The van der Waals surface area contributed by atoms with Gasteiger partial charge >= 0.3 is 0 Å². The fraction of sp³-hybridized carbons (Fsp3) is 0.609. The Hall–Kier alpha value is -1.43. The molecule has 2 fully saturated rings. The molecule has 5 atom stereocenters. The number of aliphatic hydroxyl groups is 2. The molecule has 5 rings (SSSR count). The van der Waals surface area contributed by atoms with E-state index in [2.05, 4.69) is 23.2 Å². The summed E-state index contributed by atoms with van der Waals surface area (Å²) in [7, 11) is 0. The number of hydrogen-bond acceptors (Lipinski definition) is 5. The lowest BCUT2D eigenvalue weighted by Crippen LogP contribution is -2.29.